The van der Waals surface area contributed by atoms with Crippen molar-refractivity contribution in [1.82, 2.24) is 9.97 Å². The van der Waals surface area contributed by atoms with Crippen molar-refractivity contribution in [3.63, 3.8) is 0 Å². The zero-order valence-corrected chi connectivity index (χ0v) is 14.3. The molecule has 1 amide bonds. The molecule has 2 N–H and O–H groups in total. The Balaban J connectivity index is 1.58. The van der Waals surface area contributed by atoms with E-state index in [-0.39, 0.29) is 11.8 Å². The van der Waals surface area contributed by atoms with Crippen molar-refractivity contribution in [3.05, 3.63) is 12.3 Å². The largest absolute Gasteiger partial charge is 0.348 e. The molecule has 2 fully saturated rings. The summed E-state index contributed by atoms with van der Waals surface area (Å²) >= 11 is 1.61. The summed E-state index contributed by atoms with van der Waals surface area (Å²) in [5, 5.41) is 11.3. The molecule has 4 rings (SSSR count). The van der Waals surface area contributed by atoms with Crippen molar-refractivity contribution in [1.29, 1.82) is 5.41 Å². The van der Waals surface area contributed by atoms with Gasteiger partial charge in [0.1, 0.15) is 0 Å². The molecule has 2 aromatic rings. The zero-order valence-electron chi connectivity index (χ0n) is 13.5. The molecule has 126 valence electrons. The van der Waals surface area contributed by atoms with Crippen LogP contribution in [0.25, 0.3) is 10.2 Å². The van der Waals surface area contributed by atoms with Gasteiger partial charge >= 0.3 is 0 Å². The third kappa shape index (κ3) is 3.13. The Labute approximate surface area is 144 Å². The molecule has 1 unspecified atom stereocenters. The van der Waals surface area contributed by atoms with Crippen molar-refractivity contribution < 1.29 is 4.79 Å². The van der Waals surface area contributed by atoms with Crippen LogP contribution in [0.5, 0.6) is 0 Å². The van der Waals surface area contributed by atoms with Crippen LogP contribution in [-0.4, -0.2) is 35.2 Å². The molecule has 0 aromatic carbocycles. The SMILES string of the molecule is N=CCC1CCCN(c2nc3ccnc(NC(=O)C4CC4)c3s2)C1. The van der Waals surface area contributed by atoms with E-state index in [4.69, 9.17) is 10.4 Å². The Morgan fingerprint density at radius 3 is 3.12 bits per heavy atom. The lowest BCUT2D eigenvalue weighted by molar-refractivity contribution is -0.117. The molecule has 0 spiro atoms. The highest BCUT2D eigenvalue weighted by atomic mass is 32.1. The number of hydrogen-bond acceptors (Lipinski definition) is 6. The summed E-state index contributed by atoms with van der Waals surface area (Å²) in [5.41, 5.74) is 0.894. The number of amides is 1. The Kier molecular flexibility index (Phi) is 4.18. The van der Waals surface area contributed by atoms with E-state index in [1.54, 1.807) is 17.5 Å². The summed E-state index contributed by atoms with van der Waals surface area (Å²) in [6.45, 7) is 1.96. The number of carbonyl (C=O) groups excluding carboxylic acids is 1. The van der Waals surface area contributed by atoms with Crippen LogP contribution >= 0.6 is 11.3 Å². The van der Waals surface area contributed by atoms with Gasteiger partial charge in [-0.3, -0.25) is 4.79 Å². The van der Waals surface area contributed by atoms with Gasteiger partial charge in [-0.15, -0.1) is 0 Å². The smallest absolute Gasteiger partial charge is 0.228 e. The number of thiazole rings is 1. The van der Waals surface area contributed by atoms with Gasteiger partial charge in [-0.25, -0.2) is 9.97 Å². The van der Waals surface area contributed by atoms with E-state index in [2.05, 4.69) is 15.2 Å². The van der Waals surface area contributed by atoms with Gasteiger partial charge in [-0.2, -0.15) is 0 Å². The van der Waals surface area contributed by atoms with Crippen molar-refractivity contribution in [2.45, 2.75) is 32.1 Å². The summed E-state index contributed by atoms with van der Waals surface area (Å²) in [7, 11) is 0. The molecule has 24 heavy (non-hydrogen) atoms. The van der Waals surface area contributed by atoms with Gasteiger partial charge in [-0.05, 0) is 50.3 Å². The highest BCUT2D eigenvalue weighted by Gasteiger charge is 2.30. The first-order valence-electron chi connectivity index (χ1n) is 8.55. The molecule has 3 heterocycles. The molecular formula is C17H21N5OS. The van der Waals surface area contributed by atoms with Crippen molar-refractivity contribution in [2.75, 3.05) is 23.3 Å². The average Bonchev–Trinajstić information content (AvgIpc) is 3.35. The fraction of sp³-hybridized carbons (Fsp3) is 0.529. The number of nitrogens with zero attached hydrogens (tertiary/aromatic N) is 3. The first-order valence-corrected chi connectivity index (χ1v) is 9.36. The molecule has 1 atom stereocenters. The van der Waals surface area contributed by atoms with Crippen molar-refractivity contribution in [2.24, 2.45) is 11.8 Å². The maximum Gasteiger partial charge on any atom is 0.228 e. The van der Waals surface area contributed by atoms with Gasteiger partial charge in [0.15, 0.2) is 10.9 Å². The molecule has 7 heteroatoms. The third-order valence-electron chi connectivity index (χ3n) is 4.72. The van der Waals surface area contributed by atoms with Crippen molar-refractivity contribution >= 4 is 44.6 Å². The highest BCUT2D eigenvalue weighted by molar-refractivity contribution is 7.22. The average molecular weight is 343 g/mol. The Morgan fingerprint density at radius 1 is 1.46 bits per heavy atom. The topological polar surface area (TPSA) is 82.0 Å². The molecule has 1 saturated carbocycles. The normalized spacial score (nSPS) is 21.0. The lowest BCUT2D eigenvalue weighted by Crippen LogP contribution is -2.35. The van der Waals surface area contributed by atoms with E-state index in [1.165, 1.54) is 12.6 Å². The number of fused-ring (bicyclic) bond motifs is 1. The van der Waals surface area contributed by atoms with Gasteiger partial charge in [0, 0.05) is 25.2 Å². The van der Waals surface area contributed by atoms with Crippen LogP contribution in [0.1, 0.15) is 32.1 Å². The number of anilines is 2. The molecule has 6 nitrogen and oxygen atoms in total. The molecular weight excluding hydrogens is 322 g/mol. The monoisotopic (exact) mass is 343 g/mol. The third-order valence-corrected chi connectivity index (χ3v) is 5.86. The molecule has 2 aromatic heterocycles. The number of carbonyl (C=O) groups is 1. The summed E-state index contributed by atoms with van der Waals surface area (Å²) in [5.74, 6) is 1.42. The van der Waals surface area contributed by atoms with E-state index >= 15 is 0 Å². The maximum atomic E-state index is 12.0. The first kappa shape index (κ1) is 15.5. The molecule has 1 saturated heterocycles. The Bertz CT molecular complexity index is 769. The van der Waals surface area contributed by atoms with Crippen LogP contribution in [0.15, 0.2) is 12.3 Å². The summed E-state index contributed by atoms with van der Waals surface area (Å²) < 4.78 is 0.954. The Morgan fingerprint density at radius 2 is 2.33 bits per heavy atom. The highest BCUT2D eigenvalue weighted by Crippen LogP contribution is 2.36. The molecule has 0 bridgehead atoms. The maximum absolute atomic E-state index is 12.0. The van der Waals surface area contributed by atoms with Gasteiger partial charge in [-0.1, -0.05) is 11.3 Å². The van der Waals surface area contributed by atoms with Crippen LogP contribution in [0.3, 0.4) is 0 Å². The zero-order chi connectivity index (χ0) is 16.5. The lowest BCUT2D eigenvalue weighted by Gasteiger charge is -2.31. The summed E-state index contributed by atoms with van der Waals surface area (Å²) in [6.07, 6.45) is 8.35. The fourth-order valence-corrected chi connectivity index (χ4v) is 4.27. The number of piperidine rings is 1. The fourth-order valence-electron chi connectivity index (χ4n) is 3.23. The van der Waals surface area contributed by atoms with Gasteiger partial charge < -0.3 is 15.6 Å². The lowest BCUT2D eigenvalue weighted by atomic mass is 9.96. The standard InChI is InChI=1S/C17H21N5OS/c18-7-5-11-2-1-9-22(10-11)17-20-13-6-8-19-15(14(13)24-17)21-16(23)12-3-4-12/h6-8,11-12,18H,1-5,9-10H2,(H,19,21,23). The molecule has 2 aliphatic rings. The quantitative estimate of drug-likeness (QED) is 0.816. The number of pyridine rings is 1. The van der Waals surface area contributed by atoms with Crippen LogP contribution in [0.2, 0.25) is 0 Å². The second kappa shape index (κ2) is 6.47. The van der Waals surface area contributed by atoms with E-state index in [0.717, 1.165) is 54.1 Å². The van der Waals surface area contributed by atoms with Crippen LogP contribution in [0, 0.1) is 17.2 Å². The van der Waals surface area contributed by atoms with Gasteiger partial charge in [0.2, 0.25) is 5.91 Å². The second-order valence-corrected chi connectivity index (χ2v) is 7.64. The molecule has 1 aliphatic carbocycles. The number of rotatable bonds is 5. The van der Waals surface area contributed by atoms with E-state index in [1.807, 2.05) is 6.07 Å². The van der Waals surface area contributed by atoms with Crippen molar-refractivity contribution in [3.8, 4) is 0 Å². The first-order chi connectivity index (χ1) is 11.7. The van der Waals surface area contributed by atoms with E-state index < -0.39 is 0 Å². The number of hydrogen-bond donors (Lipinski definition) is 2. The predicted octanol–water partition coefficient (Wildman–Crippen LogP) is 3.30. The summed E-state index contributed by atoms with van der Waals surface area (Å²) in [4.78, 5) is 23.5. The van der Waals surface area contributed by atoms with Gasteiger partial charge in [0.25, 0.3) is 0 Å². The van der Waals surface area contributed by atoms with Crippen LogP contribution in [0.4, 0.5) is 10.9 Å². The number of nitrogens with one attached hydrogen (secondary N) is 2. The molecule has 0 radical (unpaired) electrons. The minimum absolute atomic E-state index is 0.0777. The van der Waals surface area contributed by atoms with Crippen LogP contribution < -0.4 is 10.2 Å². The predicted molar refractivity (Wildman–Crippen MR) is 97.1 cm³/mol. The second-order valence-electron chi connectivity index (χ2n) is 6.66. The van der Waals surface area contributed by atoms with E-state index in [9.17, 15) is 4.79 Å². The number of aromatic nitrogens is 2. The van der Waals surface area contributed by atoms with E-state index in [0.29, 0.717) is 11.7 Å². The Hall–Kier alpha value is -2.02. The van der Waals surface area contributed by atoms with Crippen LogP contribution in [-0.2, 0) is 4.79 Å². The minimum Gasteiger partial charge on any atom is -0.348 e. The molecule has 1 aliphatic heterocycles. The van der Waals surface area contributed by atoms with Gasteiger partial charge in [0.05, 0.1) is 10.2 Å². The minimum atomic E-state index is 0.0777. The summed E-state index contributed by atoms with van der Waals surface area (Å²) in [6, 6.07) is 1.90.